The van der Waals surface area contributed by atoms with Gasteiger partial charge in [-0.15, -0.1) is 0 Å². The fourth-order valence-corrected chi connectivity index (χ4v) is 4.39. The van der Waals surface area contributed by atoms with Crippen LogP contribution in [-0.2, 0) is 4.79 Å². The summed E-state index contributed by atoms with van der Waals surface area (Å²) in [6.45, 7) is 1.44. The summed E-state index contributed by atoms with van der Waals surface area (Å²) in [7, 11) is 0. The van der Waals surface area contributed by atoms with E-state index in [1.807, 2.05) is 22.9 Å². The summed E-state index contributed by atoms with van der Waals surface area (Å²) in [6, 6.07) is 5.93. The van der Waals surface area contributed by atoms with Crippen LogP contribution in [0.5, 0.6) is 5.75 Å². The van der Waals surface area contributed by atoms with Gasteiger partial charge in [-0.05, 0) is 61.9 Å². The third kappa shape index (κ3) is 4.72. The molecule has 1 saturated heterocycles. The van der Waals surface area contributed by atoms with Crippen molar-refractivity contribution in [2.45, 2.75) is 37.0 Å². The van der Waals surface area contributed by atoms with Crippen LogP contribution >= 0.6 is 11.8 Å². The maximum atomic E-state index is 12.9. The van der Waals surface area contributed by atoms with Gasteiger partial charge < -0.3 is 9.64 Å². The van der Waals surface area contributed by atoms with Crippen LogP contribution < -0.4 is 4.74 Å². The lowest BCUT2D eigenvalue weighted by molar-refractivity contribution is -0.135. The predicted octanol–water partition coefficient (Wildman–Crippen LogP) is 3.16. The van der Waals surface area contributed by atoms with E-state index in [9.17, 15) is 9.18 Å². The standard InChI is InChI=1S/C18H23FN2O2S/c19-14-5-7-16(8-6-14)23-13-18(22)21(12-17-4-2-10-24-17)15-3-1-9-20-11-15/h5-9,15,17H,1-4,10-13H2. The van der Waals surface area contributed by atoms with Gasteiger partial charge in [-0.25, -0.2) is 4.39 Å². The molecule has 2 atom stereocenters. The van der Waals surface area contributed by atoms with E-state index in [0.717, 1.165) is 19.4 Å². The smallest absolute Gasteiger partial charge is 0.260 e. The number of ether oxygens (including phenoxy) is 1. The number of aliphatic imine (C=N–C) groups is 1. The Balaban J connectivity index is 1.60. The third-order valence-corrected chi connectivity index (χ3v) is 5.82. The summed E-state index contributed by atoms with van der Waals surface area (Å²) in [4.78, 5) is 19.1. The molecule has 24 heavy (non-hydrogen) atoms. The molecule has 0 bridgehead atoms. The average molecular weight is 350 g/mol. The summed E-state index contributed by atoms with van der Waals surface area (Å²) in [5.74, 6) is 1.38. The van der Waals surface area contributed by atoms with Gasteiger partial charge in [0.1, 0.15) is 11.6 Å². The molecule has 2 heterocycles. The van der Waals surface area contributed by atoms with Gasteiger partial charge in [0, 0.05) is 11.8 Å². The van der Waals surface area contributed by atoms with Crippen molar-refractivity contribution in [1.82, 2.24) is 4.90 Å². The minimum atomic E-state index is -0.311. The Morgan fingerprint density at radius 1 is 1.33 bits per heavy atom. The van der Waals surface area contributed by atoms with Gasteiger partial charge in [0.2, 0.25) is 0 Å². The molecule has 0 aliphatic carbocycles. The molecule has 0 aromatic heterocycles. The number of benzene rings is 1. The van der Waals surface area contributed by atoms with Gasteiger partial charge >= 0.3 is 0 Å². The first-order valence-electron chi connectivity index (χ1n) is 8.50. The Morgan fingerprint density at radius 3 is 2.83 bits per heavy atom. The monoisotopic (exact) mass is 350 g/mol. The maximum absolute atomic E-state index is 12.9. The zero-order chi connectivity index (χ0) is 16.8. The summed E-state index contributed by atoms with van der Waals surface area (Å²) in [6.07, 6.45) is 6.22. The molecule has 0 saturated carbocycles. The lowest BCUT2D eigenvalue weighted by atomic mass is 10.1. The van der Waals surface area contributed by atoms with Crippen molar-refractivity contribution in [2.75, 3.05) is 25.4 Å². The lowest BCUT2D eigenvalue weighted by Gasteiger charge is -2.34. The van der Waals surface area contributed by atoms with E-state index in [1.165, 1.54) is 30.7 Å². The van der Waals surface area contributed by atoms with E-state index >= 15 is 0 Å². The summed E-state index contributed by atoms with van der Waals surface area (Å²) in [5.41, 5.74) is 0. The second-order valence-corrected chi connectivity index (χ2v) is 7.61. The van der Waals surface area contributed by atoms with Crippen molar-refractivity contribution >= 4 is 23.9 Å². The van der Waals surface area contributed by atoms with Crippen LogP contribution in [0.1, 0.15) is 25.7 Å². The highest BCUT2D eigenvalue weighted by Crippen LogP contribution is 2.28. The number of nitrogens with zero attached hydrogens (tertiary/aromatic N) is 2. The van der Waals surface area contributed by atoms with Gasteiger partial charge in [-0.3, -0.25) is 9.79 Å². The number of carbonyl (C=O) groups is 1. The molecular formula is C18H23FN2O2S. The fraction of sp³-hybridized carbons (Fsp3) is 0.556. The third-order valence-electron chi connectivity index (χ3n) is 4.44. The maximum Gasteiger partial charge on any atom is 0.260 e. The number of halogens is 1. The number of hydrogen-bond donors (Lipinski definition) is 0. The Labute approximate surface area is 146 Å². The van der Waals surface area contributed by atoms with Gasteiger partial charge in [-0.1, -0.05) is 0 Å². The average Bonchev–Trinajstić information content (AvgIpc) is 3.13. The first-order valence-corrected chi connectivity index (χ1v) is 9.55. The van der Waals surface area contributed by atoms with Crippen LogP contribution in [0.3, 0.4) is 0 Å². The highest BCUT2D eigenvalue weighted by molar-refractivity contribution is 8.00. The van der Waals surface area contributed by atoms with Gasteiger partial charge in [-0.2, -0.15) is 11.8 Å². The fourth-order valence-electron chi connectivity index (χ4n) is 3.12. The molecule has 130 valence electrons. The topological polar surface area (TPSA) is 41.9 Å². The first kappa shape index (κ1) is 17.3. The van der Waals surface area contributed by atoms with Crippen molar-refractivity contribution in [3.63, 3.8) is 0 Å². The first-order chi connectivity index (χ1) is 11.7. The molecule has 0 spiro atoms. The predicted molar refractivity (Wildman–Crippen MR) is 95.5 cm³/mol. The molecule has 1 amide bonds. The van der Waals surface area contributed by atoms with Crippen molar-refractivity contribution in [3.8, 4) is 5.75 Å². The van der Waals surface area contributed by atoms with E-state index in [0.29, 0.717) is 17.5 Å². The molecule has 1 aromatic carbocycles. The molecule has 1 fully saturated rings. The Morgan fingerprint density at radius 2 is 2.17 bits per heavy atom. The summed E-state index contributed by atoms with van der Waals surface area (Å²) < 4.78 is 18.5. The molecule has 3 rings (SSSR count). The molecule has 0 radical (unpaired) electrons. The molecular weight excluding hydrogens is 327 g/mol. The molecule has 6 heteroatoms. The van der Waals surface area contributed by atoms with Crippen LogP contribution in [0.4, 0.5) is 4.39 Å². The number of rotatable bonds is 6. The molecule has 1 aromatic rings. The van der Waals surface area contributed by atoms with Crippen LogP contribution in [0, 0.1) is 5.82 Å². The van der Waals surface area contributed by atoms with Crippen molar-refractivity contribution in [3.05, 3.63) is 30.1 Å². The lowest BCUT2D eigenvalue weighted by Crippen LogP contribution is -2.48. The second kappa shape index (κ2) is 8.51. The van der Waals surface area contributed by atoms with Crippen LogP contribution in [0.25, 0.3) is 0 Å². The highest BCUT2D eigenvalue weighted by Gasteiger charge is 2.29. The van der Waals surface area contributed by atoms with Crippen molar-refractivity contribution < 1.29 is 13.9 Å². The molecule has 2 aliphatic heterocycles. The number of hydrogen-bond acceptors (Lipinski definition) is 4. The quantitative estimate of drug-likeness (QED) is 0.791. The Hall–Kier alpha value is -1.56. The normalized spacial score (nSPS) is 23.2. The highest BCUT2D eigenvalue weighted by atomic mass is 32.2. The van der Waals surface area contributed by atoms with E-state index in [1.54, 1.807) is 12.1 Å². The van der Waals surface area contributed by atoms with Gasteiger partial charge in [0.25, 0.3) is 5.91 Å². The number of amides is 1. The van der Waals surface area contributed by atoms with E-state index in [-0.39, 0.29) is 24.4 Å². The number of carbonyl (C=O) groups excluding carboxylic acids is 1. The van der Waals surface area contributed by atoms with Gasteiger partial charge in [0.05, 0.1) is 12.6 Å². The Kier molecular flexibility index (Phi) is 6.12. The number of thioether (sulfide) groups is 1. The Bertz CT molecular complexity index is 573. The molecule has 2 aliphatic rings. The van der Waals surface area contributed by atoms with Crippen LogP contribution in [0.2, 0.25) is 0 Å². The van der Waals surface area contributed by atoms with E-state index in [2.05, 4.69) is 4.99 Å². The molecule has 4 nitrogen and oxygen atoms in total. The largest absolute Gasteiger partial charge is 0.484 e. The molecule has 2 unspecified atom stereocenters. The van der Waals surface area contributed by atoms with E-state index in [4.69, 9.17) is 4.74 Å². The summed E-state index contributed by atoms with van der Waals surface area (Å²) >= 11 is 1.95. The molecule has 0 N–H and O–H groups in total. The van der Waals surface area contributed by atoms with Gasteiger partial charge in [0.15, 0.2) is 6.61 Å². The summed E-state index contributed by atoms with van der Waals surface area (Å²) in [5, 5.41) is 0.519. The second-order valence-electron chi connectivity index (χ2n) is 6.20. The SMILES string of the molecule is O=C(COc1ccc(F)cc1)N(CC1CCCS1)C1CCC=NC1. The zero-order valence-corrected chi connectivity index (χ0v) is 14.5. The van der Waals surface area contributed by atoms with E-state index < -0.39 is 0 Å². The van der Waals surface area contributed by atoms with Crippen molar-refractivity contribution in [1.29, 1.82) is 0 Å². The van der Waals surface area contributed by atoms with Crippen LogP contribution in [0.15, 0.2) is 29.3 Å². The zero-order valence-electron chi connectivity index (χ0n) is 13.7. The minimum Gasteiger partial charge on any atom is -0.484 e. The minimum absolute atomic E-state index is 0.00562. The van der Waals surface area contributed by atoms with Crippen molar-refractivity contribution in [2.24, 2.45) is 4.99 Å². The van der Waals surface area contributed by atoms with Crippen LogP contribution in [-0.4, -0.2) is 53.8 Å².